The molecule has 0 spiro atoms. The molecular formula is C5H6O3. The highest BCUT2D eigenvalue weighted by Gasteiger charge is 1.99. The smallest absolute Gasteiger partial charge is 0.224 e. The summed E-state index contributed by atoms with van der Waals surface area (Å²) in [5.41, 5.74) is 0. The van der Waals surface area contributed by atoms with Crippen LogP contribution in [0, 0.1) is 0 Å². The van der Waals surface area contributed by atoms with Crippen molar-refractivity contribution >= 4 is 11.6 Å². The number of allylic oxidation sites excluding steroid dienone is 1. The molecule has 0 aliphatic carbocycles. The minimum Gasteiger partial charge on any atom is -0.515 e. The number of carbonyl (C=O) groups excluding carboxylic acids is 2. The number of rotatable bonds is 2. The van der Waals surface area contributed by atoms with Gasteiger partial charge in [-0.2, -0.15) is 0 Å². The highest BCUT2D eigenvalue weighted by Crippen LogP contribution is 1.75. The molecule has 8 heavy (non-hydrogen) atoms. The zero-order chi connectivity index (χ0) is 6.57. The summed E-state index contributed by atoms with van der Waals surface area (Å²) in [6.45, 7) is 1.14. The molecule has 0 aromatic heterocycles. The Morgan fingerprint density at radius 3 is 2.12 bits per heavy atom. The summed E-state index contributed by atoms with van der Waals surface area (Å²) in [5.74, 6) is -1.26. The van der Waals surface area contributed by atoms with Gasteiger partial charge in [-0.05, 0) is 0 Å². The molecular weight excluding hydrogens is 108 g/mol. The van der Waals surface area contributed by atoms with Gasteiger partial charge in [0.25, 0.3) is 0 Å². The molecule has 0 fully saturated rings. The number of aliphatic hydroxyl groups excluding tert-OH is 1. The van der Waals surface area contributed by atoms with E-state index in [0.29, 0.717) is 6.26 Å². The van der Waals surface area contributed by atoms with E-state index in [9.17, 15) is 9.59 Å². The van der Waals surface area contributed by atoms with E-state index in [0.717, 1.165) is 13.0 Å². The summed E-state index contributed by atoms with van der Waals surface area (Å²) in [6.07, 6.45) is 1.35. The normalized spacial score (nSPS) is 9.62. The third-order valence-electron chi connectivity index (χ3n) is 0.573. The van der Waals surface area contributed by atoms with Crippen molar-refractivity contribution < 1.29 is 14.7 Å². The molecule has 0 aliphatic heterocycles. The molecule has 0 atom stereocenters. The second-order valence-electron chi connectivity index (χ2n) is 1.24. The quantitative estimate of drug-likeness (QED) is 0.317. The maximum atomic E-state index is 10.1. The second-order valence-corrected chi connectivity index (χ2v) is 1.24. The largest absolute Gasteiger partial charge is 0.515 e. The summed E-state index contributed by atoms with van der Waals surface area (Å²) in [7, 11) is 0. The number of Topliss-reactive ketones (excluding diaryl/α,β-unsaturated/α-hetero) is 1. The summed E-state index contributed by atoms with van der Waals surface area (Å²) < 4.78 is 0. The molecule has 1 N–H and O–H groups in total. The van der Waals surface area contributed by atoms with Gasteiger partial charge in [-0.3, -0.25) is 9.59 Å². The Kier molecular flexibility index (Phi) is 2.54. The summed E-state index contributed by atoms with van der Waals surface area (Å²) in [5, 5.41) is 7.93. The van der Waals surface area contributed by atoms with Gasteiger partial charge < -0.3 is 5.11 Å². The van der Waals surface area contributed by atoms with Crippen LogP contribution in [0.3, 0.4) is 0 Å². The lowest BCUT2D eigenvalue weighted by atomic mass is 10.3. The molecule has 0 aromatic rings. The van der Waals surface area contributed by atoms with E-state index in [-0.39, 0.29) is 0 Å². The molecule has 0 amide bonds. The minimum absolute atomic E-state index is 0.545. The van der Waals surface area contributed by atoms with Crippen molar-refractivity contribution in [3.05, 3.63) is 12.3 Å². The first-order valence-electron chi connectivity index (χ1n) is 2.04. The van der Waals surface area contributed by atoms with E-state index in [2.05, 4.69) is 0 Å². The molecule has 3 heteroatoms. The van der Waals surface area contributed by atoms with Gasteiger partial charge in [0, 0.05) is 13.0 Å². The van der Waals surface area contributed by atoms with Gasteiger partial charge >= 0.3 is 0 Å². The average Bonchev–Trinajstić information content (AvgIpc) is 1.67. The van der Waals surface area contributed by atoms with Crippen molar-refractivity contribution in [2.24, 2.45) is 0 Å². The summed E-state index contributed by atoms with van der Waals surface area (Å²) in [6, 6.07) is 0. The van der Waals surface area contributed by atoms with E-state index >= 15 is 0 Å². The number of ketones is 2. The van der Waals surface area contributed by atoms with Crippen LogP contribution >= 0.6 is 0 Å². The standard InChI is InChI=1S/C5H6O3/c1-4(7)5(8)2-3-6/h2-3,6H,1H3/b3-2-. The molecule has 0 bridgehead atoms. The Balaban J connectivity index is 3.85. The first kappa shape index (κ1) is 6.88. The first-order valence-corrected chi connectivity index (χ1v) is 2.04. The zero-order valence-corrected chi connectivity index (χ0v) is 4.42. The first-order chi connectivity index (χ1) is 3.68. The van der Waals surface area contributed by atoms with Crippen molar-refractivity contribution in [3.8, 4) is 0 Å². The highest BCUT2D eigenvalue weighted by atomic mass is 16.2. The van der Waals surface area contributed by atoms with Crippen LogP contribution in [0.1, 0.15) is 6.92 Å². The van der Waals surface area contributed by atoms with Crippen LogP contribution in [-0.4, -0.2) is 16.7 Å². The van der Waals surface area contributed by atoms with Crippen molar-refractivity contribution in [2.75, 3.05) is 0 Å². The van der Waals surface area contributed by atoms with Gasteiger partial charge in [0.15, 0.2) is 5.78 Å². The van der Waals surface area contributed by atoms with Gasteiger partial charge in [0.2, 0.25) is 5.78 Å². The van der Waals surface area contributed by atoms with Crippen molar-refractivity contribution in [3.63, 3.8) is 0 Å². The van der Waals surface area contributed by atoms with Crippen LogP contribution in [0.25, 0.3) is 0 Å². The lowest BCUT2D eigenvalue weighted by molar-refractivity contribution is -0.132. The molecule has 0 saturated heterocycles. The molecule has 0 radical (unpaired) electrons. The third kappa shape index (κ3) is 2.12. The fourth-order valence-electron chi connectivity index (χ4n) is 0.185. The Morgan fingerprint density at radius 1 is 1.50 bits per heavy atom. The van der Waals surface area contributed by atoms with Crippen molar-refractivity contribution in [1.29, 1.82) is 0 Å². The van der Waals surface area contributed by atoms with Crippen LogP contribution in [0.4, 0.5) is 0 Å². The number of carbonyl (C=O) groups is 2. The molecule has 0 rings (SSSR count). The van der Waals surface area contributed by atoms with Gasteiger partial charge in [0.05, 0.1) is 6.26 Å². The van der Waals surface area contributed by atoms with E-state index in [1.54, 1.807) is 0 Å². The highest BCUT2D eigenvalue weighted by molar-refractivity contribution is 6.40. The molecule has 0 saturated carbocycles. The molecule has 0 heterocycles. The molecule has 0 unspecified atom stereocenters. The third-order valence-corrected chi connectivity index (χ3v) is 0.573. The maximum Gasteiger partial charge on any atom is 0.224 e. The monoisotopic (exact) mass is 114 g/mol. The van der Waals surface area contributed by atoms with E-state index in [1.165, 1.54) is 0 Å². The van der Waals surface area contributed by atoms with Gasteiger partial charge in [0.1, 0.15) is 0 Å². The fraction of sp³-hybridized carbons (Fsp3) is 0.200. The Bertz CT molecular complexity index is 135. The van der Waals surface area contributed by atoms with Crippen LogP contribution in [0.5, 0.6) is 0 Å². The Labute approximate surface area is 46.6 Å². The van der Waals surface area contributed by atoms with Crippen LogP contribution in [0.15, 0.2) is 12.3 Å². The Hall–Kier alpha value is -1.12. The number of aliphatic hydroxyl groups is 1. The average molecular weight is 114 g/mol. The van der Waals surface area contributed by atoms with Gasteiger partial charge in [-0.15, -0.1) is 0 Å². The van der Waals surface area contributed by atoms with E-state index < -0.39 is 11.6 Å². The van der Waals surface area contributed by atoms with Crippen LogP contribution in [-0.2, 0) is 9.59 Å². The fourth-order valence-corrected chi connectivity index (χ4v) is 0.185. The van der Waals surface area contributed by atoms with E-state index in [4.69, 9.17) is 5.11 Å². The predicted octanol–water partition coefficient (Wildman–Crippen LogP) is 0.216. The second kappa shape index (κ2) is 2.96. The van der Waals surface area contributed by atoms with Crippen molar-refractivity contribution in [1.82, 2.24) is 0 Å². The molecule has 44 valence electrons. The summed E-state index contributed by atoms with van der Waals surface area (Å²) in [4.78, 5) is 20.2. The number of hydrogen-bond donors (Lipinski definition) is 1. The lowest BCUT2D eigenvalue weighted by Crippen LogP contribution is -2.04. The maximum absolute atomic E-state index is 10.1. The Morgan fingerprint density at radius 2 is 2.00 bits per heavy atom. The van der Waals surface area contributed by atoms with Gasteiger partial charge in [-0.1, -0.05) is 0 Å². The molecule has 3 nitrogen and oxygen atoms in total. The zero-order valence-electron chi connectivity index (χ0n) is 4.42. The van der Waals surface area contributed by atoms with Gasteiger partial charge in [-0.25, -0.2) is 0 Å². The molecule has 0 aromatic carbocycles. The molecule has 0 aliphatic rings. The van der Waals surface area contributed by atoms with Crippen molar-refractivity contribution in [2.45, 2.75) is 6.92 Å². The SMILES string of the molecule is CC(=O)C(=O)/C=C\O. The van der Waals surface area contributed by atoms with E-state index in [1.807, 2.05) is 0 Å². The predicted molar refractivity (Wildman–Crippen MR) is 27.5 cm³/mol. The number of hydrogen-bond acceptors (Lipinski definition) is 3. The van der Waals surface area contributed by atoms with Crippen LogP contribution < -0.4 is 0 Å². The summed E-state index contributed by atoms with van der Waals surface area (Å²) >= 11 is 0. The topological polar surface area (TPSA) is 54.4 Å². The van der Waals surface area contributed by atoms with Crippen LogP contribution in [0.2, 0.25) is 0 Å². The lowest BCUT2D eigenvalue weighted by Gasteiger charge is -1.78. The minimum atomic E-state index is -0.688.